The number of hydrogen-bond donors (Lipinski definition) is 3. The molecular weight excluding hydrogens is 605 g/mol. The highest BCUT2D eigenvalue weighted by Crippen LogP contribution is 2.33. The van der Waals surface area contributed by atoms with Gasteiger partial charge in [-0.25, -0.2) is 4.98 Å². The molecule has 0 aliphatic carbocycles. The minimum absolute atomic E-state index is 0.0657. The molecule has 0 saturated carbocycles. The summed E-state index contributed by atoms with van der Waals surface area (Å²) in [7, 11) is 2.07. The van der Waals surface area contributed by atoms with Gasteiger partial charge in [0.25, 0.3) is 17.4 Å². The second-order valence-electron chi connectivity index (χ2n) is 10.4. The van der Waals surface area contributed by atoms with Gasteiger partial charge in [0, 0.05) is 67.0 Å². The largest absolute Gasteiger partial charge is 0.506 e. The lowest BCUT2D eigenvalue weighted by molar-refractivity contribution is 0.0420. The molecule has 1 fully saturated rings. The summed E-state index contributed by atoms with van der Waals surface area (Å²) in [4.78, 5) is 45.8. The molecule has 228 valence electrons. The zero-order chi connectivity index (χ0) is 31.2. The molecule has 0 atom stereocenters. The molecule has 2 aromatic heterocycles. The fraction of sp³-hybridized carbons (Fsp3) is 0.250. The van der Waals surface area contributed by atoms with E-state index >= 15 is 0 Å². The highest BCUT2D eigenvalue weighted by molar-refractivity contribution is 6.32. The summed E-state index contributed by atoms with van der Waals surface area (Å²) in [5.41, 5.74) is 1.11. The van der Waals surface area contributed by atoms with E-state index in [1.807, 2.05) is 6.07 Å². The summed E-state index contributed by atoms with van der Waals surface area (Å²) in [5, 5.41) is 16.3. The van der Waals surface area contributed by atoms with E-state index < -0.39 is 11.8 Å². The number of carbonyl (C=O) groups is 2. The molecule has 0 unspecified atom stereocenters. The van der Waals surface area contributed by atoms with Crippen molar-refractivity contribution in [1.29, 1.82) is 0 Å². The van der Waals surface area contributed by atoms with Crippen LogP contribution in [0.25, 0.3) is 11.1 Å². The number of nitrogens with one attached hydrogen (secondary N) is 2. The number of pyridine rings is 2. The van der Waals surface area contributed by atoms with Gasteiger partial charge in [-0.2, -0.15) is 0 Å². The van der Waals surface area contributed by atoms with Gasteiger partial charge in [-0.05, 0) is 67.9 Å². The smallest absolute Gasteiger partial charge is 0.259 e. The van der Waals surface area contributed by atoms with Gasteiger partial charge < -0.3 is 29.9 Å². The van der Waals surface area contributed by atoms with Gasteiger partial charge >= 0.3 is 0 Å². The number of amides is 2. The Labute approximate surface area is 264 Å². The van der Waals surface area contributed by atoms with E-state index in [1.165, 1.54) is 24.4 Å². The van der Waals surface area contributed by atoms with Crippen LogP contribution in [0.5, 0.6) is 5.75 Å². The Morgan fingerprint density at radius 2 is 1.77 bits per heavy atom. The summed E-state index contributed by atoms with van der Waals surface area (Å²) in [6, 6.07) is 16.2. The number of aromatic nitrogens is 2. The number of rotatable bonds is 9. The van der Waals surface area contributed by atoms with Crippen LogP contribution in [0.4, 0.5) is 11.5 Å². The number of ether oxygens (including phenoxy) is 1. The van der Waals surface area contributed by atoms with Crippen LogP contribution >= 0.6 is 23.2 Å². The maximum Gasteiger partial charge on any atom is 0.259 e. The van der Waals surface area contributed by atoms with Gasteiger partial charge in [0.15, 0.2) is 0 Å². The van der Waals surface area contributed by atoms with Crippen LogP contribution in [0, 0.1) is 0 Å². The number of carbonyl (C=O) groups excluding carboxylic acids is 2. The number of benzene rings is 2. The van der Waals surface area contributed by atoms with Gasteiger partial charge in [0.05, 0.1) is 16.3 Å². The zero-order valence-corrected chi connectivity index (χ0v) is 25.4. The van der Waals surface area contributed by atoms with E-state index in [-0.39, 0.29) is 39.0 Å². The standard InChI is InChI=1S/C32H31Cl2N5O5/c1-38(24-10-15-44-16-11-24)13-14-39-12-2-3-25(32(39)43)20-4-6-21(7-5-20)30(41)37-29-26(17-23(34)18-27(29)40)31(42)36-28-9-8-22(33)19-35-28/h2-9,12,17-19,24,40H,10-11,13-16H2,1H3,(H,37,41)(H,35,36,42). The second kappa shape index (κ2) is 14.0. The van der Waals surface area contributed by atoms with Crippen molar-refractivity contribution in [2.75, 3.05) is 37.4 Å². The van der Waals surface area contributed by atoms with Gasteiger partial charge in [0.2, 0.25) is 0 Å². The number of phenolic OH excluding ortho intramolecular Hbond substituents is 1. The van der Waals surface area contributed by atoms with Crippen LogP contribution in [0.3, 0.4) is 0 Å². The molecule has 44 heavy (non-hydrogen) atoms. The molecule has 2 amide bonds. The molecule has 12 heteroatoms. The third-order valence-corrected chi connectivity index (χ3v) is 7.96. The van der Waals surface area contributed by atoms with E-state index in [1.54, 1.807) is 47.2 Å². The first-order chi connectivity index (χ1) is 21.2. The number of halogens is 2. The average Bonchev–Trinajstić information content (AvgIpc) is 3.03. The van der Waals surface area contributed by atoms with E-state index in [0.717, 1.165) is 32.6 Å². The van der Waals surface area contributed by atoms with Crippen molar-refractivity contribution in [2.24, 2.45) is 0 Å². The van der Waals surface area contributed by atoms with E-state index in [0.29, 0.717) is 28.7 Å². The normalized spacial score (nSPS) is 13.5. The molecule has 3 N–H and O–H groups in total. The molecule has 0 radical (unpaired) electrons. The summed E-state index contributed by atoms with van der Waals surface area (Å²) in [5.74, 6) is -1.39. The van der Waals surface area contributed by atoms with Crippen LogP contribution < -0.4 is 16.2 Å². The van der Waals surface area contributed by atoms with Crippen molar-refractivity contribution in [3.8, 4) is 16.9 Å². The van der Waals surface area contributed by atoms with Crippen LogP contribution in [0.15, 0.2) is 77.9 Å². The Morgan fingerprint density at radius 3 is 2.48 bits per heavy atom. The van der Waals surface area contributed by atoms with E-state index in [9.17, 15) is 19.5 Å². The van der Waals surface area contributed by atoms with Gasteiger partial charge in [0.1, 0.15) is 11.6 Å². The quantitative estimate of drug-likeness (QED) is 0.206. The lowest BCUT2D eigenvalue weighted by atomic mass is 10.0. The Kier molecular flexibility index (Phi) is 9.96. The maximum atomic E-state index is 13.3. The van der Waals surface area contributed by atoms with Crippen molar-refractivity contribution >= 4 is 46.5 Å². The first kappa shape index (κ1) is 31.2. The number of aromatic hydroxyl groups is 1. The minimum Gasteiger partial charge on any atom is -0.506 e. The summed E-state index contributed by atoms with van der Waals surface area (Å²) in [6.07, 6.45) is 5.12. The van der Waals surface area contributed by atoms with Crippen molar-refractivity contribution < 1.29 is 19.4 Å². The van der Waals surface area contributed by atoms with Crippen molar-refractivity contribution in [2.45, 2.75) is 25.4 Å². The fourth-order valence-electron chi connectivity index (χ4n) is 5.03. The maximum absolute atomic E-state index is 13.3. The van der Waals surface area contributed by atoms with Crippen molar-refractivity contribution in [3.05, 3.63) is 105 Å². The number of anilines is 2. The molecule has 0 spiro atoms. The Balaban J connectivity index is 1.29. The molecule has 4 aromatic rings. The van der Waals surface area contributed by atoms with Gasteiger partial charge in [-0.15, -0.1) is 0 Å². The van der Waals surface area contributed by atoms with Crippen molar-refractivity contribution in [3.63, 3.8) is 0 Å². The number of nitrogens with zero attached hydrogens (tertiary/aromatic N) is 3. The zero-order valence-electron chi connectivity index (χ0n) is 23.9. The van der Waals surface area contributed by atoms with Crippen LogP contribution in [-0.2, 0) is 11.3 Å². The number of hydrogen-bond acceptors (Lipinski definition) is 7. The molecule has 2 aromatic carbocycles. The highest BCUT2D eigenvalue weighted by Gasteiger charge is 2.21. The molecule has 1 aliphatic heterocycles. The highest BCUT2D eigenvalue weighted by atomic mass is 35.5. The second-order valence-corrected chi connectivity index (χ2v) is 11.3. The predicted octanol–water partition coefficient (Wildman–Crippen LogP) is 5.54. The van der Waals surface area contributed by atoms with E-state index in [2.05, 4.69) is 27.6 Å². The van der Waals surface area contributed by atoms with Gasteiger partial charge in [-0.3, -0.25) is 14.4 Å². The lowest BCUT2D eigenvalue weighted by Crippen LogP contribution is -2.39. The van der Waals surface area contributed by atoms with Crippen molar-refractivity contribution in [1.82, 2.24) is 14.5 Å². The lowest BCUT2D eigenvalue weighted by Gasteiger charge is -2.31. The van der Waals surface area contributed by atoms with Crippen LogP contribution in [-0.4, -0.2) is 64.2 Å². The Bertz CT molecular complexity index is 1700. The summed E-state index contributed by atoms with van der Waals surface area (Å²) >= 11 is 12.0. The number of likely N-dealkylation sites (N-methyl/N-ethyl adjacent to an activating group) is 1. The van der Waals surface area contributed by atoms with E-state index in [4.69, 9.17) is 27.9 Å². The monoisotopic (exact) mass is 635 g/mol. The first-order valence-corrected chi connectivity index (χ1v) is 14.8. The molecule has 10 nitrogen and oxygen atoms in total. The Hall–Kier alpha value is -4.22. The minimum atomic E-state index is -0.650. The summed E-state index contributed by atoms with van der Waals surface area (Å²) < 4.78 is 7.15. The third kappa shape index (κ3) is 7.46. The predicted molar refractivity (Wildman–Crippen MR) is 171 cm³/mol. The Morgan fingerprint density at radius 1 is 1.02 bits per heavy atom. The molecule has 3 heterocycles. The molecule has 5 rings (SSSR count). The average molecular weight is 637 g/mol. The molecule has 1 saturated heterocycles. The summed E-state index contributed by atoms with van der Waals surface area (Å²) in [6.45, 7) is 2.81. The molecule has 1 aliphatic rings. The van der Waals surface area contributed by atoms with Crippen LogP contribution in [0.2, 0.25) is 10.0 Å². The fourth-order valence-corrected chi connectivity index (χ4v) is 5.35. The van der Waals surface area contributed by atoms with Gasteiger partial charge in [-0.1, -0.05) is 35.3 Å². The molecule has 0 bridgehead atoms. The number of phenols is 1. The first-order valence-electron chi connectivity index (χ1n) is 14.0. The van der Waals surface area contributed by atoms with Crippen LogP contribution in [0.1, 0.15) is 33.6 Å². The molecular formula is C32H31Cl2N5O5. The third-order valence-electron chi connectivity index (χ3n) is 7.52. The SMILES string of the molecule is CN(CCn1cccc(-c2ccc(C(=O)Nc3c(O)cc(Cl)cc3C(=O)Nc3ccc(Cl)cn3)cc2)c1=O)C1CCOCC1. The topological polar surface area (TPSA) is 126 Å².